The van der Waals surface area contributed by atoms with Gasteiger partial charge in [-0.25, -0.2) is 9.78 Å². The van der Waals surface area contributed by atoms with E-state index in [1.54, 1.807) is 11.3 Å². The van der Waals surface area contributed by atoms with E-state index in [1.165, 1.54) is 16.0 Å². The van der Waals surface area contributed by atoms with Crippen LogP contribution in [0.3, 0.4) is 0 Å². The molecule has 0 unspecified atom stereocenters. The summed E-state index contributed by atoms with van der Waals surface area (Å²) in [4.78, 5) is 17.2. The molecular formula is C14H9N3O2S2. The van der Waals surface area contributed by atoms with Crippen LogP contribution < -0.4 is 5.76 Å². The van der Waals surface area contributed by atoms with Gasteiger partial charge in [0.1, 0.15) is 11.6 Å². The summed E-state index contributed by atoms with van der Waals surface area (Å²) in [5.41, 5.74) is 0.938. The lowest BCUT2D eigenvalue weighted by Gasteiger charge is -1.92. The van der Waals surface area contributed by atoms with Crippen LogP contribution in [0.2, 0.25) is 0 Å². The van der Waals surface area contributed by atoms with Crippen LogP contribution in [0.4, 0.5) is 0 Å². The van der Waals surface area contributed by atoms with Crippen molar-refractivity contribution in [3.05, 3.63) is 57.3 Å². The fraction of sp³-hybridized carbons (Fsp3) is 0.0714. The summed E-state index contributed by atoms with van der Waals surface area (Å²) in [7, 11) is 0. The third-order valence-electron chi connectivity index (χ3n) is 2.96. The Kier molecular flexibility index (Phi) is 2.94. The molecule has 4 aromatic rings. The first kappa shape index (κ1) is 12.5. The lowest BCUT2D eigenvalue weighted by Crippen LogP contribution is -2.16. The predicted octanol–water partition coefficient (Wildman–Crippen LogP) is 3.22. The molecule has 0 atom stereocenters. The Morgan fingerprint density at radius 2 is 2.10 bits per heavy atom. The minimum Gasteiger partial charge on any atom is -0.387 e. The highest BCUT2D eigenvalue weighted by Gasteiger charge is 2.13. The van der Waals surface area contributed by atoms with E-state index in [1.807, 2.05) is 41.8 Å². The van der Waals surface area contributed by atoms with Crippen LogP contribution in [0, 0.1) is 0 Å². The average Bonchev–Trinajstić information content (AvgIpc) is 3.19. The fourth-order valence-corrected chi connectivity index (χ4v) is 3.62. The Morgan fingerprint density at radius 3 is 2.90 bits per heavy atom. The smallest absolute Gasteiger partial charge is 0.387 e. The minimum absolute atomic E-state index is 0.326. The molecule has 0 amide bonds. The molecule has 0 aliphatic heterocycles. The molecule has 3 heterocycles. The molecule has 4 rings (SSSR count). The zero-order valence-electron chi connectivity index (χ0n) is 10.7. The molecular weight excluding hydrogens is 306 g/mol. The van der Waals surface area contributed by atoms with Crippen molar-refractivity contribution in [2.75, 3.05) is 0 Å². The van der Waals surface area contributed by atoms with Gasteiger partial charge in [-0.2, -0.15) is 4.68 Å². The second-order valence-corrected chi connectivity index (χ2v) is 6.45. The number of hydrogen-bond acceptors (Lipinski definition) is 6. The molecule has 0 fully saturated rings. The second kappa shape index (κ2) is 4.94. The van der Waals surface area contributed by atoms with E-state index < -0.39 is 5.76 Å². The summed E-state index contributed by atoms with van der Waals surface area (Å²) in [5.74, 6) is -0.103. The van der Waals surface area contributed by atoms with Gasteiger partial charge < -0.3 is 4.42 Å². The van der Waals surface area contributed by atoms with Crippen molar-refractivity contribution in [1.29, 1.82) is 0 Å². The number of thiazole rings is 1. The van der Waals surface area contributed by atoms with E-state index in [4.69, 9.17) is 4.42 Å². The van der Waals surface area contributed by atoms with Crippen molar-refractivity contribution in [1.82, 2.24) is 14.8 Å². The number of benzene rings is 1. The Balaban J connectivity index is 1.69. The van der Waals surface area contributed by atoms with Crippen LogP contribution in [-0.4, -0.2) is 14.8 Å². The molecule has 0 aliphatic rings. The standard InChI is InChI=1S/C14H9N3O2S2/c18-14-17(16-13(19-14)11-6-3-7-20-11)8-12-15-9-4-1-2-5-10(9)21-12/h1-7H,8H2. The molecule has 0 radical (unpaired) electrons. The Morgan fingerprint density at radius 1 is 1.19 bits per heavy atom. The highest BCUT2D eigenvalue weighted by Crippen LogP contribution is 2.23. The molecule has 0 saturated heterocycles. The second-order valence-electron chi connectivity index (χ2n) is 4.38. The van der Waals surface area contributed by atoms with E-state index in [0.717, 1.165) is 20.1 Å². The third-order valence-corrected chi connectivity index (χ3v) is 4.84. The maximum Gasteiger partial charge on any atom is 0.437 e. The molecule has 21 heavy (non-hydrogen) atoms. The number of para-hydroxylation sites is 1. The Bertz CT molecular complexity index is 917. The molecule has 0 N–H and O–H groups in total. The molecule has 0 spiro atoms. The van der Waals surface area contributed by atoms with Gasteiger partial charge in [0, 0.05) is 0 Å². The lowest BCUT2D eigenvalue weighted by atomic mass is 10.3. The van der Waals surface area contributed by atoms with Gasteiger partial charge in [-0.1, -0.05) is 18.2 Å². The number of hydrogen-bond donors (Lipinski definition) is 0. The van der Waals surface area contributed by atoms with Crippen molar-refractivity contribution in [3.63, 3.8) is 0 Å². The van der Waals surface area contributed by atoms with Gasteiger partial charge in [-0.3, -0.25) is 0 Å². The number of thiophene rings is 1. The van der Waals surface area contributed by atoms with Crippen molar-refractivity contribution >= 4 is 32.9 Å². The molecule has 1 aromatic carbocycles. The van der Waals surface area contributed by atoms with Crippen LogP contribution in [0.1, 0.15) is 5.01 Å². The number of aromatic nitrogens is 3. The summed E-state index contributed by atoms with van der Waals surface area (Å²) < 4.78 is 7.60. The number of nitrogens with zero attached hydrogens (tertiary/aromatic N) is 3. The van der Waals surface area contributed by atoms with Gasteiger partial charge in [0.15, 0.2) is 0 Å². The van der Waals surface area contributed by atoms with Gasteiger partial charge in [-0.05, 0) is 23.6 Å². The quantitative estimate of drug-likeness (QED) is 0.582. The lowest BCUT2D eigenvalue weighted by molar-refractivity contribution is 0.495. The van der Waals surface area contributed by atoms with Crippen LogP contribution >= 0.6 is 22.7 Å². The summed E-state index contributed by atoms with van der Waals surface area (Å²) >= 11 is 3.04. The van der Waals surface area contributed by atoms with Gasteiger partial charge in [0.25, 0.3) is 5.89 Å². The topological polar surface area (TPSA) is 60.9 Å². The summed E-state index contributed by atoms with van der Waals surface area (Å²) in [6.45, 7) is 0.326. The van der Waals surface area contributed by atoms with Gasteiger partial charge in [-0.15, -0.1) is 27.8 Å². The summed E-state index contributed by atoms with van der Waals surface area (Å²) in [6, 6.07) is 11.7. The molecule has 104 valence electrons. The van der Waals surface area contributed by atoms with E-state index in [-0.39, 0.29) is 0 Å². The SMILES string of the molecule is O=c1oc(-c2cccs2)nn1Cc1nc2ccccc2s1. The molecule has 3 aromatic heterocycles. The van der Waals surface area contributed by atoms with Crippen LogP contribution in [0.5, 0.6) is 0 Å². The summed E-state index contributed by atoms with van der Waals surface area (Å²) in [5, 5.41) is 6.99. The van der Waals surface area contributed by atoms with Gasteiger partial charge in [0.05, 0.1) is 15.1 Å². The maximum atomic E-state index is 11.9. The average molecular weight is 315 g/mol. The van der Waals surface area contributed by atoms with Crippen molar-refractivity contribution in [2.45, 2.75) is 6.54 Å². The van der Waals surface area contributed by atoms with E-state index >= 15 is 0 Å². The first-order chi connectivity index (χ1) is 10.3. The van der Waals surface area contributed by atoms with Crippen molar-refractivity contribution < 1.29 is 4.42 Å². The van der Waals surface area contributed by atoms with E-state index in [2.05, 4.69) is 10.1 Å². The normalized spacial score (nSPS) is 11.2. The predicted molar refractivity (Wildman–Crippen MR) is 82.8 cm³/mol. The zero-order valence-corrected chi connectivity index (χ0v) is 12.4. The van der Waals surface area contributed by atoms with Crippen molar-refractivity contribution in [2.24, 2.45) is 0 Å². The summed E-state index contributed by atoms with van der Waals surface area (Å²) in [6.07, 6.45) is 0. The number of fused-ring (bicyclic) bond motifs is 1. The first-order valence-electron chi connectivity index (χ1n) is 6.26. The molecule has 5 nitrogen and oxygen atoms in total. The third kappa shape index (κ3) is 2.30. The van der Waals surface area contributed by atoms with E-state index in [9.17, 15) is 4.79 Å². The fourth-order valence-electron chi connectivity index (χ4n) is 2.02. The minimum atomic E-state index is -0.461. The highest BCUT2D eigenvalue weighted by atomic mass is 32.1. The molecule has 0 bridgehead atoms. The van der Waals surface area contributed by atoms with Crippen molar-refractivity contribution in [3.8, 4) is 10.8 Å². The van der Waals surface area contributed by atoms with E-state index in [0.29, 0.717) is 12.4 Å². The Hall–Kier alpha value is -2.25. The van der Waals surface area contributed by atoms with Gasteiger partial charge in [0.2, 0.25) is 0 Å². The van der Waals surface area contributed by atoms with Gasteiger partial charge >= 0.3 is 5.76 Å². The monoisotopic (exact) mass is 315 g/mol. The largest absolute Gasteiger partial charge is 0.437 e. The molecule has 7 heteroatoms. The highest BCUT2D eigenvalue weighted by molar-refractivity contribution is 7.18. The molecule has 0 aliphatic carbocycles. The maximum absolute atomic E-state index is 11.9. The van der Waals surface area contributed by atoms with Crippen LogP contribution in [-0.2, 0) is 6.54 Å². The van der Waals surface area contributed by atoms with Crippen LogP contribution in [0.15, 0.2) is 51.0 Å². The first-order valence-corrected chi connectivity index (χ1v) is 7.95. The zero-order chi connectivity index (χ0) is 14.2. The number of rotatable bonds is 3. The van der Waals surface area contributed by atoms with Crippen LogP contribution in [0.25, 0.3) is 21.0 Å². The Labute approximate surface area is 127 Å². The molecule has 0 saturated carbocycles.